The number of carbonyl (C=O) groups excluding carboxylic acids is 2. The van der Waals surface area contributed by atoms with Crippen LogP contribution >= 0.6 is 23.2 Å². The second kappa shape index (κ2) is 6.50. The highest BCUT2D eigenvalue weighted by Crippen LogP contribution is 2.56. The lowest BCUT2D eigenvalue weighted by Gasteiger charge is -2.44. The Morgan fingerprint density at radius 2 is 1.79 bits per heavy atom. The van der Waals surface area contributed by atoms with Crippen LogP contribution in [0.25, 0.3) is 0 Å². The van der Waals surface area contributed by atoms with Crippen molar-refractivity contribution in [1.29, 1.82) is 0 Å². The zero-order chi connectivity index (χ0) is 19.5. The molecule has 3 atom stereocenters. The van der Waals surface area contributed by atoms with Crippen LogP contribution in [0.1, 0.15) is 42.7 Å². The van der Waals surface area contributed by atoms with E-state index in [1.165, 1.54) is 0 Å². The maximum absolute atomic E-state index is 13.3. The van der Waals surface area contributed by atoms with E-state index in [-0.39, 0.29) is 23.7 Å². The molecule has 5 rings (SSSR count). The molecule has 1 saturated carbocycles. The van der Waals surface area contributed by atoms with E-state index in [1.807, 2.05) is 24.3 Å². The number of fused-ring (bicyclic) bond motifs is 2. The topological polar surface area (TPSA) is 58.2 Å². The number of amides is 2. The molecule has 4 nitrogen and oxygen atoms in total. The van der Waals surface area contributed by atoms with E-state index in [1.54, 1.807) is 12.1 Å². The fraction of sp³-hybridized carbons (Fsp3) is 0.364. The van der Waals surface area contributed by atoms with Crippen LogP contribution in [-0.2, 0) is 15.1 Å². The molecule has 2 N–H and O–H groups in total. The first-order valence-electron chi connectivity index (χ1n) is 9.67. The summed E-state index contributed by atoms with van der Waals surface area (Å²) in [6.07, 6.45) is 3.35. The van der Waals surface area contributed by atoms with E-state index < -0.39 is 5.54 Å². The SMILES string of the molecule is O=C1CC[C@H](C(c2cccc(Cl)c2)C2CC2)[C@@]2(N1)C(=O)Nc1cc(Cl)ccc12. The van der Waals surface area contributed by atoms with Gasteiger partial charge in [0.2, 0.25) is 5.91 Å². The number of halogens is 2. The second-order valence-electron chi connectivity index (χ2n) is 8.06. The molecule has 6 heteroatoms. The van der Waals surface area contributed by atoms with E-state index in [0.717, 1.165) is 24.0 Å². The van der Waals surface area contributed by atoms with Gasteiger partial charge in [-0.05, 0) is 60.9 Å². The maximum Gasteiger partial charge on any atom is 0.255 e. The van der Waals surface area contributed by atoms with Crippen molar-refractivity contribution in [1.82, 2.24) is 5.32 Å². The molecule has 2 amide bonds. The molecule has 1 unspecified atom stereocenters. The number of benzene rings is 2. The molecule has 1 saturated heterocycles. The van der Waals surface area contributed by atoms with Gasteiger partial charge >= 0.3 is 0 Å². The van der Waals surface area contributed by atoms with Crippen LogP contribution in [0.4, 0.5) is 5.69 Å². The molecule has 0 aromatic heterocycles. The maximum atomic E-state index is 13.3. The summed E-state index contributed by atoms with van der Waals surface area (Å²) in [5.74, 6) is 0.357. The molecule has 2 heterocycles. The normalized spacial score (nSPS) is 27.3. The van der Waals surface area contributed by atoms with Gasteiger partial charge in [0.15, 0.2) is 5.54 Å². The Morgan fingerprint density at radius 3 is 2.54 bits per heavy atom. The quantitative estimate of drug-likeness (QED) is 0.752. The highest BCUT2D eigenvalue weighted by Gasteiger charge is 2.59. The second-order valence-corrected chi connectivity index (χ2v) is 8.94. The highest BCUT2D eigenvalue weighted by molar-refractivity contribution is 6.31. The van der Waals surface area contributed by atoms with Gasteiger partial charge in [0.1, 0.15) is 0 Å². The lowest BCUT2D eigenvalue weighted by Crippen LogP contribution is -2.60. The zero-order valence-corrected chi connectivity index (χ0v) is 16.7. The van der Waals surface area contributed by atoms with E-state index in [4.69, 9.17) is 23.2 Å². The number of hydrogen-bond donors (Lipinski definition) is 2. The standard InChI is InChI=1S/C22H20Cl2N2O2/c23-14-3-1-2-13(10-14)20(12-4-5-12)17-8-9-19(27)26-22(17)16-7-6-15(24)11-18(16)25-21(22)28/h1-3,6-7,10-12,17,20H,4-5,8-9H2,(H,25,28)(H,26,27)/t17-,20?,22-/m1/s1. The molecule has 0 bridgehead atoms. The first-order chi connectivity index (χ1) is 13.5. The molecule has 1 spiro atoms. The van der Waals surface area contributed by atoms with Crippen LogP contribution in [0.5, 0.6) is 0 Å². The first kappa shape index (κ1) is 18.0. The monoisotopic (exact) mass is 414 g/mol. The Hall–Kier alpha value is -2.04. The van der Waals surface area contributed by atoms with Crippen molar-refractivity contribution < 1.29 is 9.59 Å². The zero-order valence-electron chi connectivity index (χ0n) is 15.2. The van der Waals surface area contributed by atoms with E-state index in [9.17, 15) is 9.59 Å². The molecule has 2 aliphatic heterocycles. The summed E-state index contributed by atoms with van der Waals surface area (Å²) < 4.78 is 0. The smallest absolute Gasteiger partial charge is 0.255 e. The van der Waals surface area contributed by atoms with Crippen LogP contribution < -0.4 is 10.6 Å². The molecule has 2 fully saturated rings. The van der Waals surface area contributed by atoms with Crippen molar-refractivity contribution in [2.45, 2.75) is 37.1 Å². The van der Waals surface area contributed by atoms with Crippen molar-refractivity contribution in [3.8, 4) is 0 Å². The number of hydrogen-bond acceptors (Lipinski definition) is 2. The Labute approximate surface area is 173 Å². The van der Waals surface area contributed by atoms with E-state index in [0.29, 0.717) is 34.5 Å². The fourth-order valence-corrected chi connectivity index (χ4v) is 5.50. The molecule has 0 radical (unpaired) electrons. The fourth-order valence-electron chi connectivity index (χ4n) is 5.13. The van der Waals surface area contributed by atoms with Crippen LogP contribution in [0.15, 0.2) is 42.5 Å². The predicted octanol–water partition coefficient (Wildman–Crippen LogP) is 4.86. The van der Waals surface area contributed by atoms with Gasteiger partial charge in [0, 0.05) is 33.6 Å². The summed E-state index contributed by atoms with van der Waals surface area (Å²) in [6, 6.07) is 13.3. The van der Waals surface area contributed by atoms with Crippen molar-refractivity contribution >= 4 is 40.7 Å². The Morgan fingerprint density at radius 1 is 1.00 bits per heavy atom. The molecule has 144 valence electrons. The number of rotatable bonds is 3. The summed E-state index contributed by atoms with van der Waals surface area (Å²) in [4.78, 5) is 25.8. The van der Waals surface area contributed by atoms with Gasteiger partial charge in [-0.15, -0.1) is 0 Å². The summed E-state index contributed by atoms with van der Waals surface area (Å²) in [6.45, 7) is 0. The van der Waals surface area contributed by atoms with Gasteiger partial charge in [-0.3, -0.25) is 9.59 Å². The highest BCUT2D eigenvalue weighted by atomic mass is 35.5. The van der Waals surface area contributed by atoms with Gasteiger partial charge in [-0.25, -0.2) is 0 Å². The third kappa shape index (κ3) is 2.73. The van der Waals surface area contributed by atoms with Crippen molar-refractivity contribution in [3.05, 3.63) is 63.6 Å². The van der Waals surface area contributed by atoms with Crippen molar-refractivity contribution in [3.63, 3.8) is 0 Å². The lowest BCUT2D eigenvalue weighted by atomic mass is 9.65. The minimum absolute atomic E-state index is 0.0430. The summed E-state index contributed by atoms with van der Waals surface area (Å²) in [5.41, 5.74) is 1.58. The predicted molar refractivity (Wildman–Crippen MR) is 110 cm³/mol. The van der Waals surface area contributed by atoms with Crippen LogP contribution in [0, 0.1) is 11.8 Å². The molecule has 3 aliphatic rings. The van der Waals surface area contributed by atoms with E-state index in [2.05, 4.69) is 16.7 Å². The number of carbonyl (C=O) groups is 2. The van der Waals surface area contributed by atoms with Crippen LogP contribution in [0.2, 0.25) is 10.0 Å². The van der Waals surface area contributed by atoms with Gasteiger partial charge in [0.05, 0.1) is 0 Å². The third-order valence-corrected chi connectivity index (χ3v) is 6.86. The third-order valence-electron chi connectivity index (χ3n) is 6.38. The van der Waals surface area contributed by atoms with Gasteiger partial charge in [-0.2, -0.15) is 0 Å². The molecule has 28 heavy (non-hydrogen) atoms. The van der Waals surface area contributed by atoms with E-state index >= 15 is 0 Å². The summed E-state index contributed by atoms with van der Waals surface area (Å²) >= 11 is 12.4. The average Bonchev–Trinajstić information content (AvgIpc) is 3.44. The van der Waals surface area contributed by atoms with Gasteiger partial charge in [0.25, 0.3) is 5.91 Å². The average molecular weight is 415 g/mol. The largest absolute Gasteiger partial charge is 0.338 e. The number of piperidine rings is 1. The molecule has 2 aromatic carbocycles. The molecular weight excluding hydrogens is 395 g/mol. The minimum atomic E-state index is -1.06. The van der Waals surface area contributed by atoms with Gasteiger partial charge in [-0.1, -0.05) is 41.4 Å². The van der Waals surface area contributed by atoms with Gasteiger partial charge < -0.3 is 10.6 Å². The van der Waals surface area contributed by atoms with Crippen molar-refractivity contribution in [2.75, 3.05) is 5.32 Å². The molecule has 2 aromatic rings. The number of nitrogens with one attached hydrogen (secondary N) is 2. The first-order valence-corrected chi connectivity index (χ1v) is 10.4. The summed E-state index contributed by atoms with van der Waals surface area (Å²) in [5, 5.41) is 7.30. The molecule has 1 aliphatic carbocycles. The lowest BCUT2D eigenvalue weighted by molar-refractivity contribution is -0.137. The number of anilines is 1. The van der Waals surface area contributed by atoms with Crippen LogP contribution in [-0.4, -0.2) is 11.8 Å². The Kier molecular flexibility index (Phi) is 4.18. The Bertz CT molecular complexity index is 988. The summed E-state index contributed by atoms with van der Waals surface area (Å²) in [7, 11) is 0. The van der Waals surface area contributed by atoms with Crippen LogP contribution in [0.3, 0.4) is 0 Å². The minimum Gasteiger partial charge on any atom is -0.338 e. The Balaban J connectivity index is 1.67. The molecular formula is C22H20Cl2N2O2. The van der Waals surface area contributed by atoms with Crippen molar-refractivity contribution in [2.24, 2.45) is 11.8 Å².